The first-order valence-electron chi connectivity index (χ1n) is 7.98. The van der Waals surface area contributed by atoms with E-state index in [1.165, 1.54) is 38.4 Å². The number of benzene rings is 2. The van der Waals surface area contributed by atoms with E-state index in [1.807, 2.05) is 5.32 Å². The molecule has 1 atom stereocenters. The summed E-state index contributed by atoms with van der Waals surface area (Å²) in [6.45, 7) is 0. The Hall–Kier alpha value is -3.95. The van der Waals surface area contributed by atoms with Crippen LogP contribution in [0.3, 0.4) is 0 Å². The maximum absolute atomic E-state index is 12.6. The largest absolute Gasteiger partial charge is 0.496 e. The standard InChI is InChI=1S/C18H17N3O7/c1-19-18(24)20-16(22)15(11-6-4-3-5-7-11)28-17(23)13-10-12(21(25)26)8-9-14(13)27-2/h3-10,15H,1-2H3,(H2,19,20,22,24)/t15-/m0/s1. The molecular weight excluding hydrogens is 370 g/mol. The van der Waals surface area contributed by atoms with Gasteiger partial charge in [-0.25, -0.2) is 9.59 Å². The molecule has 0 radical (unpaired) electrons. The zero-order valence-corrected chi connectivity index (χ0v) is 15.0. The lowest BCUT2D eigenvalue weighted by Crippen LogP contribution is -2.41. The quantitative estimate of drug-likeness (QED) is 0.439. The molecule has 0 aromatic heterocycles. The molecule has 2 rings (SSSR count). The van der Waals surface area contributed by atoms with Gasteiger partial charge in [0.05, 0.1) is 12.0 Å². The van der Waals surface area contributed by atoms with Gasteiger partial charge >= 0.3 is 12.0 Å². The number of nitro benzene ring substituents is 1. The number of rotatable bonds is 6. The van der Waals surface area contributed by atoms with Crippen LogP contribution in [0.1, 0.15) is 22.0 Å². The van der Waals surface area contributed by atoms with Gasteiger partial charge in [-0.3, -0.25) is 20.2 Å². The van der Waals surface area contributed by atoms with E-state index < -0.39 is 28.9 Å². The molecular formula is C18H17N3O7. The van der Waals surface area contributed by atoms with Gasteiger partial charge in [-0.2, -0.15) is 0 Å². The molecule has 0 aliphatic rings. The van der Waals surface area contributed by atoms with Crippen molar-refractivity contribution in [2.45, 2.75) is 6.10 Å². The number of imide groups is 1. The molecule has 10 heteroatoms. The van der Waals surface area contributed by atoms with E-state index in [1.54, 1.807) is 18.2 Å². The number of non-ortho nitro benzene ring substituents is 1. The van der Waals surface area contributed by atoms with Crippen LogP contribution < -0.4 is 15.4 Å². The average molecular weight is 387 g/mol. The number of methoxy groups -OCH3 is 1. The first kappa shape index (κ1) is 20.4. The van der Waals surface area contributed by atoms with E-state index in [0.717, 1.165) is 6.07 Å². The minimum absolute atomic E-state index is 0.0362. The lowest BCUT2D eigenvalue weighted by Gasteiger charge is -2.18. The molecule has 0 spiro atoms. The molecule has 0 bridgehead atoms. The van der Waals surface area contributed by atoms with E-state index in [-0.39, 0.29) is 17.0 Å². The fourth-order valence-corrected chi connectivity index (χ4v) is 2.28. The Morgan fingerprint density at radius 2 is 1.79 bits per heavy atom. The Morgan fingerprint density at radius 1 is 1.11 bits per heavy atom. The van der Waals surface area contributed by atoms with Crippen LogP contribution in [0.15, 0.2) is 48.5 Å². The van der Waals surface area contributed by atoms with Crippen molar-refractivity contribution in [1.29, 1.82) is 0 Å². The van der Waals surface area contributed by atoms with Crippen molar-refractivity contribution < 1.29 is 28.8 Å². The van der Waals surface area contributed by atoms with Crippen LogP contribution in [-0.2, 0) is 9.53 Å². The number of esters is 1. The molecule has 0 fully saturated rings. The maximum Gasteiger partial charge on any atom is 0.343 e. The first-order chi connectivity index (χ1) is 13.4. The monoisotopic (exact) mass is 387 g/mol. The van der Waals surface area contributed by atoms with Gasteiger partial charge in [0.15, 0.2) is 0 Å². The Kier molecular flexibility index (Phi) is 6.63. The minimum Gasteiger partial charge on any atom is -0.496 e. The minimum atomic E-state index is -1.46. The molecule has 0 saturated carbocycles. The predicted molar refractivity (Wildman–Crippen MR) is 96.8 cm³/mol. The third-order valence-electron chi connectivity index (χ3n) is 3.64. The van der Waals surface area contributed by atoms with Crippen LogP contribution in [-0.4, -0.2) is 37.0 Å². The molecule has 146 valence electrons. The summed E-state index contributed by atoms with van der Waals surface area (Å²) < 4.78 is 10.3. The van der Waals surface area contributed by atoms with Crippen molar-refractivity contribution in [3.8, 4) is 5.75 Å². The van der Waals surface area contributed by atoms with Gasteiger partial charge in [0, 0.05) is 24.7 Å². The molecule has 2 aromatic carbocycles. The van der Waals surface area contributed by atoms with Gasteiger partial charge < -0.3 is 14.8 Å². The van der Waals surface area contributed by atoms with Crippen molar-refractivity contribution in [3.63, 3.8) is 0 Å². The first-order valence-corrected chi connectivity index (χ1v) is 7.98. The van der Waals surface area contributed by atoms with E-state index in [9.17, 15) is 24.5 Å². The molecule has 28 heavy (non-hydrogen) atoms. The highest BCUT2D eigenvalue weighted by Gasteiger charge is 2.29. The predicted octanol–water partition coefficient (Wildman–Crippen LogP) is 1.96. The summed E-state index contributed by atoms with van der Waals surface area (Å²) in [5.41, 5.74) is -0.272. The number of carbonyl (C=O) groups is 3. The highest BCUT2D eigenvalue weighted by Crippen LogP contribution is 2.27. The summed E-state index contributed by atoms with van der Waals surface area (Å²) in [6, 6.07) is 10.6. The SMILES string of the molecule is CNC(=O)NC(=O)[C@@H](OC(=O)c1cc([N+](=O)[O-])ccc1OC)c1ccccc1. The molecule has 0 unspecified atom stereocenters. The Bertz CT molecular complexity index is 899. The smallest absolute Gasteiger partial charge is 0.343 e. The zero-order valence-electron chi connectivity index (χ0n) is 15.0. The van der Waals surface area contributed by atoms with Crippen molar-refractivity contribution >= 4 is 23.6 Å². The third-order valence-corrected chi connectivity index (χ3v) is 3.64. The van der Waals surface area contributed by atoms with Crippen LogP contribution in [0.2, 0.25) is 0 Å². The van der Waals surface area contributed by atoms with Crippen molar-refractivity contribution in [3.05, 3.63) is 69.8 Å². The number of amides is 3. The molecule has 2 N–H and O–H groups in total. The Labute approximate surface area is 159 Å². The molecule has 2 aromatic rings. The highest BCUT2D eigenvalue weighted by molar-refractivity contribution is 6.00. The molecule has 0 aliphatic heterocycles. The van der Waals surface area contributed by atoms with Gasteiger partial charge in [0.2, 0.25) is 6.10 Å². The van der Waals surface area contributed by atoms with E-state index in [0.29, 0.717) is 5.56 Å². The molecule has 0 aliphatic carbocycles. The van der Waals surface area contributed by atoms with Crippen LogP contribution in [0, 0.1) is 10.1 Å². The number of ether oxygens (including phenoxy) is 2. The number of urea groups is 1. The van der Waals surface area contributed by atoms with Gasteiger partial charge in [-0.1, -0.05) is 30.3 Å². The summed E-state index contributed by atoms with van der Waals surface area (Å²) in [7, 11) is 2.60. The lowest BCUT2D eigenvalue weighted by atomic mass is 10.1. The molecule has 0 heterocycles. The van der Waals surface area contributed by atoms with Crippen LogP contribution >= 0.6 is 0 Å². The van der Waals surface area contributed by atoms with E-state index >= 15 is 0 Å². The maximum atomic E-state index is 12.6. The number of nitrogens with one attached hydrogen (secondary N) is 2. The van der Waals surface area contributed by atoms with Crippen molar-refractivity contribution in [2.24, 2.45) is 0 Å². The molecule has 3 amide bonds. The third kappa shape index (κ3) is 4.81. The van der Waals surface area contributed by atoms with Crippen LogP contribution in [0.4, 0.5) is 10.5 Å². The van der Waals surface area contributed by atoms with Crippen molar-refractivity contribution in [2.75, 3.05) is 14.2 Å². The second-order valence-corrected chi connectivity index (χ2v) is 5.41. The molecule has 10 nitrogen and oxygen atoms in total. The highest BCUT2D eigenvalue weighted by atomic mass is 16.6. The summed E-state index contributed by atoms with van der Waals surface area (Å²) in [5, 5.41) is 15.2. The van der Waals surface area contributed by atoms with Crippen molar-refractivity contribution in [1.82, 2.24) is 10.6 Å². The van der Waals surface area contributed by atoms with Gasteiger partial charge in [-0.05, 0) is 6.07 Å². The normalized spacial score (nSPS) is 11.1. The van der Waals surface area contributed by atoms with Crippen LogP contribution in [0.25, 0.3) is 0 Å². The summed E-state index contributed by atoms with van der Waals surface area (Å²) >= 11 is 0. The van der Waals surface area contributed by atoms with Crippen LogP contribution in [0.5, 0.6) is 5.75 Å². The zero-order chi connectivity index (χ0) is 20.7. The molecule has 0 saturated heterocycles. The second kappa shape index (κ2) is 9.12. The summed E-state index contributed by atoms with van der Waals surface area (Å²) in [4.78, 5) is 46.8. The second-order valence-electron chi connectivity index (χ2n) is 5.41. The average Bonchev–Trinajstić information content (AvgIpc) is 2.71. The Morgan fingerprint density at radius 3 is 2.36 bits per heavy atom. The number of carbonyl (C=O) groups excluding carboxylic acids is 3. The number of nitro groups is 1. The number of hydrogen-bond acceptors (Lipinski definition) is 7. The van der Waals surface area contributed by atoms with E-state index in [4.69, 9.17) is 9.47 Å². The number of hydrogen-bond donors (Lipinski definition) is 2. The fraction of sp³-hybridized carbons (Fsp3) is 0.167. The van der Waals surface area contributed by atoms with Gasteiger partial charge in [0.1, 0.15) is 11.3 Å². The Balaban J connectivity index is 2.37. The summed E-state index contributed by atoms with van der Waals surface area (Å²) in [6.07, 6.45) is -1.46. The van der Waals surface area contributed by atoms with E-state index in [2.05, 4.69) is 5.32 Å². The fourth-order valence-electron chi connectivity index (χ4n) is 2.28. The van der Waals surface area contributed by atoms with Gasteiger partial charge in [0.25, 0.3) is 11.6 Å². The topological polar surface area (TPSA) is 137 Å². The summed E-state index contributed by atoms with van der Waals surface area (Å²) in [5.74, 6) is -1.88. The lowest BCUT2D eigenvalue weighted by molar-refractivity contribution is -0.384. The number of nitrogens with zero attached hydrogens (tertiary/aromatic N) is 1. The van der Waals surface area contributed by atoms with Gasteiger partial charge in [-0.15, -0.1) is 0 Å².